The van der Waals surface area contributed by atoms with Gasteiger partial charge in [-0.2, -0.15) is 0 Å². The highest BCUT2D eigenvalue weighted by molar-refractivity contribution is 7.09. The van der Waals surface area contributed by atoms with E-state index in [9.17, 15) is 4.79 Å². The zero-order chi connectivity index (χ0) is 15.2. The molecular formula is C17H15N3OS. The molecule has 1 aromatic carbocycles. The molecule has 0 fully saturated rings. The summed E-state index contributed by atoms with van der Waals surface area (Å²) in [6, 6.07) is 13.9. The van der Waals surface area contributed by atoms with Gasteiger partial charge in [-0.1, -0.05) is 30.3 Å². The monoisotopic (exact) mass is 309 g/mol. The van der Waals surface area contributed by atoms with Crippen LogP contribution in [0.1, 0.15) is 26.6 Å². The molecule has 3 rings (SSSR count). The first-order valence-corrected chi connectivity index (χ1v) is 7.84. The van der Waals surface area contributed by atoms with Gasteiger partial charge >= 0.3 is 0 Å². The number of carbonyl (C=O) groups is 1. The molecule has 0 unspecified atom stereocenters. The Morgan fingerprint density at radius 2 is 1.82 bits per heavy atom. The van der Waals surface area contributed by atoms with Gasteiger partial charge < -0.3 is 5.32 Å². The van der Waals surface area contributed by atoms with Gasteiger partial charge in [0.15, 0.2) is 0 Å². The van der Waals surface area contributed by atoms with Crippen molar-refractivity contribution in [3.8, 4) is 0 Å². The van der Waals surface area contributed by atoms with Crippen molar-refractivity contribution >= 4 is 17.2 Å². The zero-order valence-electron chi connectivity index (χ0n) is 11.9. The van der Waals surface area contributed by atoms with Gasteiger partial charge in [0, 0.05) is 30.7 Å². The fourth-order valence-corrected chi connectivity index (χ4v) is 2.85. The molecule has 0 saturated heterocycles. The number of benzene rings is 1. The van der Waals surface area contributed by atoms with Crippen molar-refractivity contribution in [2.45, 2.75) is 13.0 Å². The molecule has 1 amide bonds. The minimum absolute atomic E-state index is 0.146. The molecule has 0 aliphatic carbocycles. The summed E-state index contributed by atoms with van der Waals surface area (Å²) in [7, 11) is 0. The second kappa shape index (κ2) is 6.95. The molecule has 110 valence electrons. The van der Waals surface area contributed by atoms with Crippen LogP contribution >= 0.6 is 11.3 Å². The number of carbonyl (C=O) groups excluding carboxylic acids is 1. The third-order valence-corrected chi connectivity index (χ3v) is 4.03. The van der Waals surface area contributed by atoms with Crippen LogP contribution in [0.15, 0.2) is 60.2 Å². The summed E-state index contributed by atoms with van der Waals surface area (Å²) in [5.41, 5.74) is 2.69. The van der Waals surface area contributed by atoms with E-state index in [2.05, 4.69) is 27.4 Å². The Kier molecular flexibility index (Phi) is 4.56. The molecule has 0 saturated carbocycles. The number of amides is 1. The second-order valence-electron chi connectivity index (χ2n) is 4.83. The van der Waals surface area contributed by atoms with Crippen molar-refractivity contribution in [1.82, 2.24) is 15.3 Å². The lowest BCUT2D eigenvalue weighted by molar-refractivity contribution is 0.0946. The SMILES string of the molecule is O=C(NCc1ccncc1)c1csc(Cc2ccccc2)n1. The van der Waals surface area contributed by atoms with E-state index in [0.29, 0.717) is 12.2 Å². The number of rotatable bonds is 5. The van der Waals surface area contributed by atoms with Crippen molar-refractivity contribution in [3.63, 3.8) is 0 Å². The number of pyridine rings is 1. The highest BCUT2D eigenvalue weighted by atomic mass is 32.1. The Balaban J connectivity index is 1.60. The van der Waals surface area contributed by atoms with Crippen molar-refractivity contribution in [2.24, 2.45) is 0 Å². The van der Waals surface area contributed by atoms with E-state index in [0.717, 1.165) is 17.0 Å². The van der Waals surface area contributed by atoms with Gasteiger partial charge in [-0.15, -0.1) is 11.3 Å². The molecule has 0 atom stereocenters. The van der Waals surface area contributed by atoms with Gasteiger partial charge in [0.2, 0.25) is 0 Å². The normalized spacial score (nSPS) is 10.4. The lowest BCUT2D eigenvalue weighted by Gasteiger charge is -2.02. The molecule has 1 N–H and O–H groups in total. The number of nitrogens with one attached hydrogen (secondary N) is 1. The molecule has 4 nitrogen and oxygen atoms in total. The second-order valence-corrected chi connectivity index (χ2v) is 5.77. The summed E-state index contributed by atoms with van der Waals surface area (Å²) in [5, 5.41) is 5.62. The minimum Gasteiger partial charge on any atom is -0.347 e. The van der Waals surface area contributed by atoms with Gasteiger partial charge in [0.1, 0.15) is 5.69 Å². The van der Waals surface area contributed by atoms with E-state index >= 15 is 0 Å². The van der Waals surface area contributed by atoms with E-state index in [4.69, 9.17) is 0 Å². The fraction of sp³-hybridized carbons (Fsp3) is 0.118. The number of thiazole rings is 1. The highest BCUT2D eigenvalue weighted by Gasteiger charge is 2.10. The van der Waals surface area contributed by atoms with Crippen molar-refractivity contribution in [3.05, 3.63) is 82.1 Å². The lowest BCUT2D eigenvalue weighted by atomic mass is 10.2. The predicted molar refractivity (Wildman–Crippen MR) is 86.8 cm³/mol. The van der Waals surface area contributed by atoms with Crippen molar-refractivity contribution in [1.29, 1.82) is 0 Å². The zero-order valence-corrected chi connectivity index (χ0v) is 12.7. The molecule has 0 spiro atoms. The number of aromatic nitrogens is 2. The smallest absolute Gasteiger partial charge is 0.271 e. The number of hydrogen-bond donors (Lipinski definition) is 1. The van der Waals surface area contributed by atoms with Crippen LogP contribution in [-0.4, -0.2) is 15.9 Å². The Morgan fingerprint density at radius 3 is 2.59 bits per heavy atom. The maximum atomic E-state index is 12.1. The Labute approximate surface area is 132 Å². The van der Waals surface area contributed by atoms with Gasteiger partial charge in [0.05, 0.1) is 5.01 Å². The van der Waals surface area contributed by atoms with Crippen LogP contribution < -0.4 is 5.32 Å². The Bertz CT molecular complexity index is 741. The number of hydrogen-bond acceptors (Lipinski definition) is 4. The maximum absolute atomic E-state index is 12.1. The maximum Gasteiger partial charge on any atom is 0.271 e. The molecular weight excluding hydrogens is 294 g/mol. The average Bonchev–Trinajstić information content (AvgIpc) is 3.03. The first-order valence-electron chi connectivity index (χ1n) is 6.97. The summed E-state index contributed by atoms with van der Waals surface area (Å²) >= 11 is 1.51. The first-order chi connectivity index (χ1) is 10.8. The Morgan fingerprint density at radius 1 is 1.05 bits per heavy atom. The van der Waals surface area contributed by atoms with Gasteiger partial charge in [-0.25, -0.2) is 4.98 Å². The van der Waals surface area contributed by atoms with Crippen LogP contribution in [0.3, 0.4) is 0 Å². The minimum atomic E-state index is -0.146. The summed E-state index contributed by atoms with van der Waals surface area (Å²) in [6.07, 6.45) is 4.17. The fourth-order valence-electron chi connectivity index (χ4n) is 2.04. The topological polar surface area (TPSA) is 54.9 Å². The van der Waals surface area contributed by atoms with Crippen LogP contribution in [0, 0.1) is 0 Å². The molecule has 2 aromatic heterocycles. The van der Waals surface area contributed by atoms with Crippen LogP contribution in [-0.2, 0) is 13.0 Å². The quantitative estimate of drug-likeness (QED) is 0.788. The lowest BCUT2D eigenvalue weighted by Crippen LogP contribution is -2.23. The summed E-state index contributed by atoms with van der Waals surface area (Å²) in [4.78, 5) is 20.5. The molecule has 22 heavy (non-hydrogen) atoms. The van der Waals surface area contributed by atoms with Crippen molar-refractivity contribution < 1.29 is 4.79 Å². The molecule has 0 bridgehead atoms. The van der Waals surface area contributed by atoms with Crippen LogP contribution in [0.2, 0.25) is 0 Å². The summed E-state index contributed by atoms with van der Waals surface area (Å²) in [6.45, 7) is 0.479. The highest BCUT2D eigenvalue weighted by Crippen LogP contribution is 2.14. The van der Waals surface area contributed by atoms with Gasteiger partial charge in [0.25, 0.3) is 5.91 Å². The van der Waals surface area contributed by atoms with Crippen LogP contribution in [0.25, 0.3) is 0 Å². The molecule has 3 aromatic rings. The predicted octanol–water partition coefficient (Wildman–Crippen LogP) is 3.06. The molecule has 0 aliphatic rings. The third-order valence-electron chi connectivity index (χ3n) is 3.18. The van der Waals surface area contributed by atoms with Gasteiger partial charge in [-0.05, 0) is 23.3 Å². The average molecular weight is 309 g/mol. The van der Waals surface area contributed by atoms with E-state index in [1.54, 1.807) is 17.8 Å². The van der Waals surface area contributed by atoms with E-state index in [-0.39, 0.29) is 5.91 Å². The van der Waals surface area contributed by atoms with Crippen molar-refractivity contribution in [2.75, 3.05) is 0 Å². The van der Waals surface area contributed by atoms with E-state index < -0.39 is 0 Å². The summed E-state index contributed by atoms with van der Waals surface area (Å²) < 4.78 is 0. The van der Waals surface area contributed by atoms with E-state index in [1.165, 1.54) is 16.9 Å². The summed E-state index contributed by atoms with van der Waals surface area (Å²) in [5.74, 6) is -0.146. The molecule has 2 heterocycles. The molecule has 0 radical (unpaired) electrons. The van der Waals surface area contributed by atoms with Crippen LogP contribution in [0.5, 0.6) is 0 Å². The Hall–Kier alpha value is -2.53. The van der Waals surface area contributed by atoms with Crippen LogP contribution in [0.4, 0.5) is 0 Å². The van der Waals surface area contributed by atoms with E-state index in [1.807, 2.05) is 30.3 Å². The van der Waals surface area contributed by atoms with Gasteiger partial charge in [-0.3, -0.25) is 9.78 Å². The molecule has 5 heteroatoms. The third kappa shape index (κ3) is 3.77. The standard InChI is InChI=1S/C17H15N3OS/c21-17(19-11-14-6-8-18-9-7-14)15-12-22-16(20-15)10-13-4-2-1-3-5-13/h1-9,12H,10-11H2,(H,19,21). The molecule has 0 aliphatic heterocycles. The number of nitrogens with zero attached hydrogens (tertiary/aromatic N) is 2. The first kappa shape index (κ1) is 14.4. The largest absolute Gasteiger partial charge is 0.347 e.